The standard InChI is InChI=1S/C25H23BrF3N3OS/c1-4-19-16(26)9-20(34-19)21-15(12-30)23(31)32(14-7-5-6-13(8-14)25(27,28)29)17-10-24(2,3)11-18(33)22(17)21/h5-9,21H,4,10-11,31H2,1-3H3. The molecule has 0 radical (unpaired) electrons. The molecule has 0 fully saturated rings. The Morgan fingerprint density at radius 1 is 1.29 bits per heavy atom. The van der Waals surface area contributed by atoms with Crippen molar-refractivity contribution in [1.82, 2.24) is 0 Å². The maximum absolute atomic E-state index is 13.5. The number of hydrogen-bond donors (Lipinski definition) is 1. The zero-order valence-electron chi connectivity index (χ0n) is 18.9. The van der Waals surface area contributed by atoms with E-state index >= 15 is 0 Å². The Hall–Kier alpha value is -2.57. The molecule has 9 heteroatoms. The van der Waals surface area contributed by atoms with Crippen LogP contribution in [0.2, 0.25) is 0 Å². The number of carbonyl (C=O) groups excluding carboxylic acids is 1. The number of halogens is 4. The summed E-state index contributed by atoms with van der Waals surface area (Å²) in [6.07, 6.45) is -3.04. The molecule has 0 amide bonds. The third kappa shape index (κ3) is 4.18. The van der Waals surface area contributed by atoms with Gasteiger partial charge in [0.25, 0.3) is 0 Å². The van der Waals surface area contributed by atoms with Crippen LogP contribution in [0, 0.1) is 16.7 Å². The highest BCUT2D eigenvalue weighted by molar-refractivity contribution is 9.10. The fourth-order valence-corrected chi connectivity index (χ4v) is 6.76. The van der Waals surface area contributed by atoms with Gasteiger partial charge in [-0.15, -0.1) is 11.3 Å². The number of alkyl halides is 3. The van der Waals surface area contributed by atoms with Crippen LogP contribution in [0.1, 0.15) is 54.8 Å². The molecule has 1 aromatic heterocycles. The first-order chi connectivity index (χ1) is 15.9. The summed E-state index contributed by atoms with van der Waals surface area (Å²) in [6.45, 7) is 5.92. The van der Waals surface area contributed by atoms with Crippen molar-refractivity contribution < 1.29 is 18.0 Å². The zero-order valence-corrected chi connectivity index (χ0v) is 21.3. The molecule has 1 unspecified atom stereocenters. The molecule has 2 aromatic rings. The highest BCUT2D eigenvalue weighted by Crippen LogP contribution is 2.52. The minimum absolute atomic E-state index is 0.0543. The van der Waals surface area contributed by atoms with Gasteiger partial charge in [0.15, 0.2) is 5.78 Å². The number of ketones is 1. The molecule has 2 heterocycles. The number of thiophene rings is 1. The number of aryl methyl sites for hydroxylation is 1. The second-order valence-corrected chi connectivity index (χ2v) is 11.3. The maximum atomic E-state index is 13.5. The van der Waals surface area contributed by atoms with Crippen LogP contribution < -0.4 is 10.6 Å². The van der Waals surface area contributed by atoms with Crippen molar-refractivity contribution in [3.63, 3.8) is 0 Å². The van der Waals surface area contributed by atoms with Gasteiger partial charge in [0, 0.05) is 37.6 Å². The van der Waals surface area contributed by atoms with Crippen LogP contribution in [0.25, 0.3) is 0 Å². The quantitative estimate of drug-likeness (QED) is 0.446. The largest absolute Gasteiger partial charge is 0.416 e. The molecule has 1 atom stereocenters. The molecular weight excluding hydrogens is 527 g/mol. The topological polar surface area (TPSA) is 70.1 Å². The summed E-state index contributed by atoms with van der Waals surface area (Å²) >= 11 is 5.07. The second kappa shape index (κ2) is 8.58. The third-order valence-corrected chi connectivity index (χ3v) is 8.51. The minimum atomic E-state index is -4.54. The van der Waals surface area contributed by atoms with E-state index in [4.69, 9.17) is 5.73 Å². The van der Waals surface area contributed by atoms with Gasteiger partial charge in [-0.1, -0.05) is 26.8 Å². The van der Waals surface area contributed by atoms with E-state index in [1.54, 1.807) is 0 Å². The summed E-state index contributed by atoms with van der Waals surface area (Å²) in [5.74, 6) is -0.707. The molecule has 1 aliphatic heterocycles. The lowest BCUT2D eigenvalue weighted by Gasteiger charge is -2.43. The Labute approximate surface area is 208 Å². The average molecular weight is 550 g/mol. The molecule has 2 aliphatic rings. The minimum Gasteiger partial charge on any atom is -0.384 e. The monoisotopic (exact) mass is 549 g/mol. The molecule has 34 heavy (non-hydrogen) atoms. The highest BCUT2D eigenvalue weighted by Gasteiger charge is 2.45. The van der Waals surface area contributed by atoms with E-state index in [0.29, 0.717) is 17.7 Å². The van der Waals surface area contributed by atoms with E-state index in [1.807, 2.05) is 26.8 Å². The maximum Gasteiger partial charge on any atom is 0.416 e. The van der Waals surface area contributed by atoms with Gasteiger partial charge in [-0.05, 0) is 58.5 Å². The van der Waals surface area contributed by atoms with E-state index in [-0.39, 0.29) is 29.3 Å². The van der Waals surface area contributed by atoms with Crippen molar-refractivity contribution in [3.05, 3.63) is 72.8 Å². The van der Waals surface area contributed by atoms with Crippen LogP contribution in [-0.4, -0.2) is 5.78 Å². The Morgan fingerprint density at radius 3 is 2.59 bits per heavy atom. The predicted octanol–water partition coefficient (Wildman–Crippen LogP) is 7.03. The van der Waals surface area contributed by atoms with Crippen LogP contribution in [0.3, 0.4) is 0 Å². The van der Waals surface area contributed by atoms with E-state index in [9.17, 15) is 23.2 Å². The van der Waals surface area contributed by atoms with Gasteiger partial charge in [0.2, 0.25) is 0 Å². The number of nitrogens with zero attached hydrogens (tertiary/aromatic N) is 2. The lowest BCUT2D eigenvalue weighted by Crippen LogP contribution is -2.42. The Balaban J connectivity index is 1.99. The van der Waals surface area contributed by atoms with Gasteiger partial charge >= 0.3 is 6.18 Å². The number of benzene rings is 1. The Bertz CT molecular complexity index is 1280. The van der Waals surface area contributed by atoms with E-state index in [1.165, 1.54) is 28.4 Å². The third-order valence-electron chi connectivity index (χ3n) is 6.19. The number of nitrogens with two attached hydrogens (primary N) is 1. The number of rotatable bonds is 3. The van der Waals surface area contributed by atoms with Crippen molar-refractivity contribution in [1.29, 1.82) is 5.26 Å². The molecule has 0 saturated heterocycles. The predicted molar refractivity (Wildman–Crippen MR) is 130 cm³/mol. The number of hydrogen-bond acceptors (Lipinski definition) is 5. The number of allylic oxidation sites excluding steroid dienone is 3. The fourth-order valence-electron chi connectivity index (χ4n) is 4.72. The summed E-state index contributed by atoms with van der Waals surface area (Å²) in [6, 6.07) is 8.90. The van der Waals surface area contributed by atoms with Crippen molar-refractivity contribution in [2.75, 3.05) is 4.90 Å². The van der Waals surface area contributed by atoms with Gasteiger partial charge in [-0.25, -0.2) is 0 Å². The normalized spacial score (nSPS) is 20.5. The molecular formula is C25H23BrF3N3OS. The van der Waals surface area contributed by atoms with Gasteiger partial charge in [-0.2, -0.15) is 18.4 Å². The first kappa shape index (κ1) is 24.6. The number of anilines is 1. The average Bonchev–Trinajstić information content (AvgIpc) is 3.12. The second-order valence-electron chi connectivity index (χ2n) is 9.30. The van der Waals surface area contributed by atoms with Gasteiger partial charge < -0.3 is 5.73 Å². The molecule has 1 aliphatic carbocycles. The van der Waals surface area contributed by atoms with E-state index in [0.717, 1.165) is 32.8 Å². The molecule has 178 valence electrons. The fraction of sp³-hybridized carbons (Fsp3) is 0.360. The zero-order chi connectivity index (χ0) is 25.0. The van der Waals surface area contributed by atoms with Crippen LogP contribution in [0.5, 0.6) is 0 Å². The Morgan fingerprint density at radius 2 is 2.00 bits per heavy atom. The van der Waals surface area contributed by atoms with Crippen LogP contribution in [0.4, 0.5) is 18.9 Å². The van der Waals surface area contributed by atoms with Crippen molar-refractivity contribution >= 4 is 38.7 Å². The van der Waals surface area contributed by atoms with Crippen LogP contribution >= 0.6 is 27.3 Å². The molecule has 1 aromatic carbocycles. The van der Waals surface area contributed by atoms with E-state index < -0.39 is 23.1 Å². The van der Waals surface area contributed by atoms with Gasteiger partial charge in [0.1, 0.15) is 5.82 Å². The lowest BCUT2D eigenvalue weighted by atomic mass is 9.69. The summed E-state index contributed by atoms with van der Waals surface area (Å²) in [5.41, 5.74) is 6.64. The molecule has 0 saturated carbocycles. The smallest absolute Gasteiger partial charge is 0.384 e. The summed E-state index contributed by atoms with van der Waals surface area (Å²) < 4.78 is 41.3. The van der Waals surface area contributed by atoms with Crippen molar-refractivity contribution in [2.45, 2.75) is 52.1 Å². The molecule has 4 nitrogen and oxygen atoms in total. The van der Waals surface area contributed by atoms with Gasteiger partial charge in [-0.3, -0.25) is 9.69 Å². The lowest BCUT2D eigenvalue weighted by molar-refractivity contribution is -0.137. The van der Waals surface area contributed by atoms with Crippen LogP contribution in [-0.2, 0) is 17.4 Å². The Kier molecular flexibility index (Phi) is 6.19. The molecule has 0 spiro atoms. The van der Waals surface area contributed by atoms with Crippen molar-refractivity contribution in [3.8, 4) is 6.07 Å². The first-order valence-corrected chi connectivity index (χ1v) is 12.4. The molecule has 4 rings (SSSR count). The number of carbonyl (C=O) groups is 1. The first-order valence-electron chi connectivity index (χ1n) is 10.8. The SMILES string of the molecule is CCc1sc(C2C(C#N)=C(N)N(c3cccc(C(F)(F)F)c3)C3=C2C(=O)CC(C)(C)C3)cc1Br. The van der Waals surface area contributed by atoms with Crippen LogP contribution in [0.15, 0.2) is 57.5 Å². The summed E-state index contributed by atoms with van der Waals surface area (Å²) in [7, 11) is 0. The molecule has 0 bridgehead atoms. The summed E-state index contributed by atoms with van der Waals surface area (Å²) in [4.78, 5) is 16.9. The van der Waals surface area contributed by atoms with Gasteiger partial charge in [0.05, 0.1) is 23.1 Å². The molecule has 2 N–H and O–H groups in total. The number of nitriles is 1. The van der Waals surface area contributed by atoms with Crippen molar-refractivity contribution in [2.24, 2.45) is 11.1 Å². The highest BCUT2D eigenvalue weighted by atomic mass is 79.9. The number of Topliss-reactive ketones (excluding diaryl/α,β-unsaturated/α-hetero) is 1. The summed E-state index contributed by atoms with van der Waals surface area (Å²) in [5, 5.41) is 10.1. The van der Waals surface area contributed by atoms with E-state index in [2.05, 4.69) is 22.0 Å².